The molecule has 0 saturated carbocycles. The van der Waals surface area contributed by atoms with Crippen LogP contribution in [-0.2, 0) is 0 Å². The molecular weight excluding hydrogens is 373 g/mol. The second-order valence-corrected chi connectivity index (χ2v) is 8.08. The van der Waals surface area contributed by atoms with E-state index in [0.29, 0.717) is 22.3 Å². The lowest BCUT2D eigenvalue weighted by Gasteiger charge is -2.42. The molecule has 2 heterocycles. The van der Waals surface area contributed by atoms with Crippen molar-refractivity contribution in [2.75, 3.05) is 24.5 Å². The molecule has 0 aromatic heterocycles. The summed E-state index contributed by atoms with van der Waals surface area (Å²) in [6.45, 7) is 6.41. The van der Waals surface area contributed by atoms with Crippen molar-refractivity contribution in [2.24, 2.45) is 21.9 Å². The van der Waals surface area contributed by atoms with Crippen LogP contribution >= 0.6 is 23.2 Å². The molecule has 2 aliphatic rings. The van der Waals surface area contributed by atoms with Crippen LogP contribution in [0.15, 0.2) is 34.6 Å². The molecule has 0 bridgehead atoms. The summed E-state index contributed by atoms with van der Waals surface area (Å²) < 4.78 is 0. The SMILES string of the molecule is CC1=C(N2CCC(C)(CN)CC2)N=C(N)N(c2cccc(Cl)c2Cl)C1O. The summed E-state index contributed by atoms with van der Waals surface area (Å²) >= 11 is 12.4. The van der Waals surface area contributed by atoms with Crippen molar-refractivity contribution in [3.05, 3.63) is 39.6 Å². The van der Waals surface area contributed by atoms with Gasteiger partial charge in [0.1, 0.15) is 5.82 Å². The number of hydrogen-bond donors (Lipinski definition) is 3. The number of benzene rings is 1. The molecule has 5 N–H and O–H groups in total. The smallest absolute Gasteiger partial charge is 0.204 e. The summed E-state index contributed by atoms with van der Waals surface area (Å²) in [6, 6.07) is 5.20. The number of guanidine groups is 1. The summed E-state index contributed by atoms with van der Waals surface area (Å²) in [5.41, 5.74) is 13.5. The molecular formula is C18H25Cl2N5O. The van der Waals surface area contributed by atoms with Crippen molar-refractivity contribution in [2.45, 2.75) is 32.9 Å². The second-order valence-electron chi connectivity index (χ2n) is 7.30. The van der Waals surface area contributed by atoms with Gasteiger partial charge in [-0.2, -0.15) is 4.99 Å². The predicted molar refractivity (Wildman–Crippen MR) is 107 cm³/mol. The van der Waals surface area contributed by atoms with Gasteiger partial charge in [0, 0.05) is 18.7 Å². The van der Waals surface area contributed by atoms with E-state index in [9.17, 15) is 5.11 Å². The molecule has 0 spiro atoms. The fourth-order valence-corrected chi connectivity index (χ4v) is 3.79. The monoisotopic (exact) mass is 397 g/mol. The largest absolute Gasteiger partial charge is 0.369 e. The van der Waals surface area contributed by atoms with Gasteiger partial charge < -0.3 is 21.5 Å². The van der Waals surface area contributed by atoms with Gasteiger partial charge >= 0.3 is 0 Å². The fraction of sp³-hybridized carbons (Fsp3) is 0.500. The van der Waals surface area contributed by atoms with Crippen molar-refractivity contribution >= 4 is 34.8 Å². The Hall–Kier alpha value is -1.47. The van der Waals surface area contributed by atoms with Gasteiger partial charge in [-0.15, -0.1) is 0 Å². The minimum atomic E-state index is -0.957. The van der Waals surface area contributed by atoms with Crippen molar-refractivity contribution < 1.29 is 5.11 Å². The van der Waals surface area contributed by atoms with Crippen molar-refractivity contribution in [1.82, 2.24) is 4.90 Å². The van der Waals surface area contributed by atoms with E-state index in [0.717, 1.165) is 37.3 Å². The van der Waals surface area contributed by atoms with Crippen LogP contribution in [0.5, 0.6) is 0 Å². The molecule has 1 unspecified atom stereocenters. The first kappa shape index (κ1) is 19.3. The highest BCUT2D eigenvalue weighted by Crippen LogP contribution is 2.37. The fourth-order valence-electron chi connectivity index (χ4n) is 3.40. The Morgan fingerprint density at radius 3 is 2.58 bits per heavy atom. The van der Waals surface area contributed by atoms with Crippen LogP contribution in [0.2, 0.25) is 10.0 Å². The maximum atomic E-state index is 10.9. The van der Waals surface area contributed by atoms with Crippen LogP contribution in [0.4, 0.5) is 5.69 Å². The third-order valence-electron chi connectivity index (χ3n) is 5.41. The number of rotatable bonds is 3. The Morgan fingerprint density at radius 2 is 1.96 bits per heavy atom. The molecule has 0 aliphatic carbocycles. The number of halogens is 2. The number of aliphatic hydroxyl groups is 1. The van der Waals surface area contributed by atoms with E-state index in [4.69, 9.17) is 34.7 Å². The Balaban J connectivity index is 1.88. The van der Waals surface area contributed by atoms with E-state index in [1.165, 1.54) is 4.90 Å². The molecule has 0 radical (unpaired) electrons. The number of aliphatic imine (C=N–C) groups is 1. The molecule has 26 heavy (non-hydrogen) atoms. The van der Waals surface area contributed by atoms with Crippen LogP contribution in [0.25, 0.3) is 0 Å². The lowest BCUT2D eigenvalue weighted by atomic mass is 9.80. The first-order valence-corrected chi connectivity index (χ1v) is 9.44. The molecule has 3 rings (SSSR count). The van der Waals surface area contributed by atoms with E-state index in [2.05, 4.69) is 16.8 Å². The van der Waals surface area contributed by atoms with Crippen LogP contribution in [0.1, 0.15) is 26.7 Å². The van der Waals surface area contributed by atoms with Gasteiger partial charge in [0.2, 0.25) is 5.96 Å². The Bertz CT molecular complexity index is 756. The molecule has 1 saturated heterocycles. The second kappa shape index (κ2) is 7.27. The minimum Gasteiger partial charge on any atom is -0.369 e. The highest BCUT2D eigenvalue weighted by atomic mass is 35.5. The third kappa shape index (κ3) is 3.39. The Labute approximate surface area is 164 Å². The number of nitrogens with two attached hydrogens (primary N) is 2. The van der Waals surface area contributed by atoms with Gasteiger partial charge in [-0.05, 0) is 43.9 Å². The normalized spacial score (nSPS) is 23.3. The van der Waals surface area contributed by atoms with Gasteiger partial charge in [-0.1, -0.05) is 36.2 Å². The minimum absolute atomic E-state index is 0.161. The number of likely N-dealkylation sites (tertiary alicyclic amines) is 1. The quantitative estimate of drug-likeness (QED) is 0.729. The molecule has 1 fully saturated rings. The lowest BCUT2D eigenvalue weighted by Crippen LogP contribution is -2.51. The average Bonchev–Trinajstić information content (AvgIpc) is 2.62. The van der Waals surface area contributed by atoms with Gasteiger partial charge in [0.25, 0.3) is 0 Å². The van der Waals surface area contributed by atoms with Crippen molar-refractivity contribution in [3.8, 4) is 0 Å². The summed E-state index contributed by atoms with van der Waals surface area (Å²) in [7, 11) is 0. The van der Waals surface area contributed by atoms with Gasteiger partial charge in [0.15, 0.2) is 6.23 Å². The van der Waals surface area contributed by atoms with Gasteiger partial charge in [0.05, 0.1) is 15.7 Å². The molecule has 0 amide bonds. The highest BCUT2D eigenvalue weighted by molar-refractivity contribution is 6.44. The summed E-state index contributed by atoms with van der Waals surface area (Å²) in [4.78, 5) is 8.24. The van der Waals surface area contributed by atoms with E-state index < -0.39 is 6.23 Å². The predicted octanol–water partition coefficient (Wildman–Crippen LogP) is 2.74. The van der Waals surface area contributed by atoms with Crippen LogP contribution in [-0.4, -0.2) is 41.8 Å². The van der Waals surface area contributed by atoms with Gasteiger partial charge in [-0.25, -0.2) is 0 Å². The molecule has 1 aromatic rings. The van der Waals surface area contributed by atoms with Crippen LogP contribution in [0, 0.1) is 5.41 Å². The first-order chi connectivity index (χ1) is 12.3. The molecule has 1 atom stereocenters. The number of aliphatic hydroxyl groups excluding tert-OH is 1. The first-order valence-electron chi connectivity index (χ1n) is 8.69. The highest BCUT2D eigenvalue weighted by Gasteiger charge is 2.35. The number of piperidine rings is 1. The average molecular weight is 398 g/mol. The Morgan fingerprint density at radius 1 is 1.31 bits per heavy atom. The molecule has 8 heteroatoms. The van der Waals surface area contributed by atoms with Crippen molar-refractivity contribution in [1.29, 1.82) is 0 Å². The van der Waals surface area contributed by atoms with E-state index in [1.54, 1.807) is 18.2 Å². The molecule has 2 aliphatic heterocycles. The Kier molecular flexibility index (Phi) is 5.40. The van der Waals surface area contributed by atoms with E-state index >= 15 is 0 Å². The van der Waals surface area contributed by atoms with Crippen LogP contribution in [0.3, 0.4) is 0 Å². The van der Waals surface area contributed by atoms with Crippen molar-refractivity contribution in [3.63, 3.8) is 0 Å². The zero-order valence-electron chi connectivity index (χ0n) is 15.0. The standard InChI is InChI=1S/C18H25Cl2N5O/c1-11-15(24-8-6-18(2,10-21)7-9-24)23-17(22)25(16(11)26)13-5-3-4-12(19)14(13)20/h3-5,16,26H,6-10,21H2,1-2H3,(H2,22,23). The number of nitrogens with zero attached hydrogens (tertiary/aromatic N) is 3. The molecule has 142 valence electrons. The zero-order valence-corrected chi connectivity index (χ0v) is 16.6. The number of anilines is 1. The van der Waals surface area contributed by atoms with E-state index in [-0.39, 0.29) is 11.4 Å². The lowest BCUT2D eigenvalue weighted by molar-refractivity contribution is 0.143. The molecule has 6 nitrogen and oxygen atoms in total. The molecule has 1 aromatic carbocycles. The zero-order chi connectivity index (χ0) is 19.1. The summed E-state index contributed by atoms with van der Waals surface area (Å²) in [5.74, 6) is 0.915. The van der Waals surface area contributed by atoms with Gasteiger partial charge in [-0.3, -0.25) is 4.90 Å². The summed E-state index contributed by atoms with van der Waals surface area (Å²) in [6.07, 6.45) is 1.01. The third-order valence-corrected chi connectivity index (χ3v) is 6.21. The topological polar surface area (TPSA) is 91.1 Å². The maximum absolute atomic E-state index is 10.9. The number of hydrogen-bond acceptors (Lipinski definition) is 6. The van der Waals surface area contributed by atoms with Crippen LogP contribution < -0.4 is 16.4 Å². The maximum Gasteiger partial charge on any atom is 0.204 e. The summed E-state index contributed by atoms with van der Waals surface area (Å²) in [5, 5.41) is 11.6. The van der Waals surface area contributed by atoms with E-state index in [1.807, 2.05) is 6.92 Å².